The van der Waals surface area contributed by atoms with Crippen LogP contribution < -0.4 is 15.5 Å². The van der Waals surface area contributed by atoms with Crippen LogP contribution in [0.4, 0.5) is 5.69 Å². The van der Waals surface area contributed by atoms with E-state index in [1.807, 2.05) is 58.9 Å². The number of rotatable bonds is 7. The molecule has 2 saturated heterocycles. The summed E-state index contributed by atoms with van der Waals surface area (Å²) in [6.45, 7) is 13.8. The number of carbonyl (C=O) groups is 3. The second kappa shape index (κ2) is 12.1. The fourth-order valence-electron chi connectivity index (χ4n) is 6.68. The Balaban J connectivity index is 1.51. The van der Waals surface area contributed by atoms with Gasteiger partial charge in [0.15, 0.2) is 0 Å². The van der Waals surface area contributed by atoms with Gasteiger partial charge >= 0.3 is 0 Å². The highest BCUT2D eigenvalue weighted by atomic mass is 16.2. The van der Waals surface area contributed by atoms with Crippen LogP contribution in [0.1, 0.15) is 63.8 Å². The van der Waals surface area contributed by atoms with Gasteiger partial charge in [0, 0.05) is 37.4 Å². The zero-order valence-electron chi connectivity index (χ0n) is 26.0. The molecule has 1 unspecified atom stereocenters. The first-order valence-electron chi connectivity index (χ1n) is 15.5. The third kappa shape index (κ3) is 6.48. The van der Waals surface area contributed by atoms with Crippen molar-refractivity contribution in [1.29, 1.82) is 0 Å². The second-order valence-corrected chi connectivity index (χ2v) is 13.8. The molecule has 2 aromatic carbocycles. The largest absolute Gasteiger partial charge is 0.369 e. The number of benzene rings is 2. The summed E-state index contributed by atoms with van der Waals surface area (Å²) in [6.07, 6.45) is 1.94. The van der Waals surface area contributed by atoms with Crippen LogP contribution in [0.2, 0.25) is 0 Å². The number of carbonyl (C=O) groups excluding carboxylic acids is 3. The monoisotopic (exact) mass is 573 g/mol. The van der Waals surface area contributed by atoms with Gasteiger partial charge in [0.1, 0.15) is 18.1 Å². The molecule has 42 heavy (non-hydrogen) atoms. The smallest absolute Gasteiger partial charge is 0.247 e. The molecule has 3 atom stereocenters. The van der Waals surface area contributed by atoms with Gasteiger partial charge in [0.05, 0.1) is 0 Å². The average Bonchev–Trinajstić information content (AvgIpc) is 3.36. The molecule has 8 heteroatoms. The fourth-order valence-corrected chi connectivity index (χ4v) is 6.68. The van der Waals surface area contributed by atoms with Crippen molar-refractivity contribution in [1.82, 2.24) is 20.4 Å². The lowest BCUT2D eigenvalue weighted by atomic mass is 9.87. The molecule has 226 valence electrons. The Labute approximate surface area is 250 Å². The topological polar surface area (TPSA) is 85.0 Å². The zero-order chi connectivity index (χ0) is 30.2. The third-order valence-electron chi connectivity index (χ3n) is 8.81. The van der Waals surface area contributed by atoms with Crippen LogP contribution in [0.3, 0.4) is 0 Å². The summed E-state index contributed by atoms with van der Waals surface area (Å²) in [4.78, 5) is 48.8. The highest BCUT2D eigenvalue weighted by molar-refractivity contribution is 6.00. The highest BCUT2D eigenvalue weighted by Crippen LogP contribution is 2.36. The van der Waals surface area contributed by atoms with Crippen molar-refractivity contribution in [3.05, 3.63) is 65.2 Å². The number of anilines is 1. The Morgan fingerprint density at radius 1 is 0.952 bits per heavy atom. The minimum atomic E-state index is -0.917. The van der Waals surface area contributed by atoms with Crippen LogP contribution in [-0.2, 0) is 27.2 Å². The van der Waals surface area contributed by atoms with E-state index >= 15 is 0 Å². The number of nitrogens with one attached hydrogen (secondary N) is 2. The number of amides is 3. The van der Waals surface area contributed by atoms with Gasteiger partial charge in [-0.3, -0.25) is 14.4 Å². The maximum Gasteiger partial charge on any atom is 0.247 e. The van der Waals surface area contributed by atoms with Crippen LogP contribution >= 0.6 is 0 Å². The van der Waals surface area contributed by atoms with Crippen molar-refractivity contribution in [3.8, 4) is 0 Å². The summed E-state index contributed by atoms with van der Waals surface area (Å²) in [5.74, 6) is -0.496. The summed E-state index contributed by atoms with van der Waals surface area (Å²) >= 11 is 0. The first-order valence-corrected chi connectivity index (χ1v) is 15.5. The molecule has 0 bridgehead atoms. The summed E-state index contributed by atoms with van der Waals surface area (Å²) in [5, 5.41) is 6.23. The predicted octanol–water partition coefficient (Wildman–Crippen LogP) is 3.55. The number of nitrogens with zero attached hydrogens (tertiary/aromatic N) is 3. The summed E-state index contributed by atoms with van der Waals surface area (Å²) < 4.78 is 0. The third-order valence-corrected chi connectivity index (χ3v) is 8.81. The molecule has 5 rings (SSSR count). The molecule has 3 aliphatic rings. The van der Waals surface area contributed by atoms with Crippen LogP contribution in [0.15, 0.2) is 48.5 Å². The van der Waals surface area contributed by atoms with E-state index in [9.17, 15) is 14.4 Å². The number of hydrogen-bond acceptors (Lipinski definition) is 5. The lowest BCUT2D eigenvalue weighted by Crippen LogP contribution is -2.67. The summed E-state index contributed by atoms with van der Waals surface area (Å²) in [6, 6.07) is 14.0. The molecule has 0 radical (unpaired) electrons. The summed E-state index contributed by atoms with van der Waals surface area (Å²) in [7, 11) is 2.13. The van der Waals surface area contributed by atoms with E-state index in [0.29, 0.717) is 6.42 Å². The van der Waals surface area contributed by atoms with Crippen molar-refractivity contribution in [3.63, 3.8) is 0 Å². The van der Waals surface area contributed by atoms with E-state index in [4.69, 9.17) is 0 Å². The van der Waals surface area contributed by atoms with Gasteiger partial charge in [-0.15, -0.1) is 0 Å². The van der Waals surface area contributed by atoms with E-state index in [-0.39, 0.29) is 29.6 Å². The first kappa shape index (κ1) is 30.1. The van der Waals surface area contributed by atoms with Crippen molar-refractivity contribution >= 4 is 23.4 Å². The molecule has 2 fully saturated rings. The Kier molecular flexibility index (Phi) is 8.65. The number of likely N-dealkylation sites (N-methyl/N-ethyl adjacent to an activating group) is 1. The average molecular weight is 574 g/mol. The SMILES string of the molecule is CC(C)C[C@@H]1C(=O)NC(C2Cc3ccccc3C2)C(=O)N1[C@@H](C(=O)NC(C)(C)C)c1ccc(N2CCN(C)CC2)cc1. The lowest BCUT2D eigenvalue weighted by Gasteiger charge is -2.45. The van der Waals surface area contributed by atoms with Crippen molar-refractivity contribution in [2.24, 2.45) is 11.8 Å². The maximum absolute atomic E-state index is 14.5. The molecule has 8 nitrogen and oxygen atoms in total. The molecule has 3 amide bonds. The number of piperazine rings is 2. The Morgan fingerprint density at radius 3 is 2.10 bits per heavy atom. The highest BCUT2D eigenvalue weighted by Gasteiger charge is 2.49. The molecular formula is C34H47N5O3. The predicted molar refractivity (Wildman–Crippen MR) is 166 cm³/mol. The standard InChI is InChI=1S/C34H47N5O3/c1-22(2)19-28-31(40)35-29(26-20-24-9-7-8-10-25(24)21-26)33(42)39(28)30(32(41)36-34(3,4)5)23-11-13-27(14-12-23)38-17-15-37(6)16-18-38/h7-14,22,26,28-30H,15-21H2,1-6H3,(H,35,40)(H,36,41)/t28-,29?,30-/m1/s1. The van der Waals surface area contributed by atoms with Gasteiger partial charge in [-0.25, -0.2) is 0 Å². The van der Waals surface area contributed by atoms with E-state index < -0.39 is 23.7 Å². The van der Waals surface area contributed by atoms with Crippen molar-refractivity contribution in [2.45, 2.75) is 77.5 Å². The van der Waals surface area contributed by atoms with Gasteiger partial charge in [-0.2, -0.15) is 0 Å². The summed E-state index contributed by atoms with van der Waals surface area (Å²) in [5.41, 5.74) is 3.77. The maximum atomic E-state index is 14.5. The number of fused-ring (bicyclic) bond motifs is 1. The van der Waals surface area contributed by atoms with E-state index in [1.165, 1.54) is 11.1 Å². The molecule has 2 N–H and O–H groups in total. The minimum absolute atomic E-state index is 0.0488. The Bertz CT molecular complexity index is 1270. The van der Waals surface area contributed by atoms with Crippen molar-refractivity contribution < 1.29 is 14.4 Å². The molecule has 0 aromatic heterocycles. The van der Waals surface area contributed by atoms with E-state index in [0.717, 1.165) is 50.3 Å². The quantitative estimate of drug-likeness (QED) is 0.529. The Morgan fingerprint density at radius 2 is 1.55 bits per heavy atom. The van der Waals surface area contributed by atoms with Crippen LogP contribution in [0.25, 0.3) is 0 Å². The molecule has 2 aromatic rings. The Hall–Kier alpha value is -3.39. The first-order chi connectivity index (χ1) is 19.9. The molecule has 2 heterocycles. The van der Waals surface area contributed by atoms with Gasteiger partial charge in [0.2, 0.25) is 17.7 Å². The van der Waals surface area contributed by atoms with Gasteiger partial charge in [0.25, 0.3) is 0 Å². The molecule has 0 spiro atoms. The van der Waals surface area contributed by atoms with Crippen molar-refractivity contribution in [2.75, 3.05) is 38.1 Å². The molecular weight excluding hydrogens is 526 g/mol. The van der Waals surface area contributed by atoms with Crippen LogP contribution in [0, 0.1) is 11.8 Å². The van der Waals surface area contributed by atoms with Gasteiger partial charge in [-0.05, 0) is 87.7 Å². The minimum Gasteiger partial charge on any atom is -0.369 e. The van der Waals surface area contributed by atoms with Crippen LogP contribution in [-0.4, -0.2) is 78.4 Å². The molecule has 1 aliphatic carbocycles. The number of hydrogen-bond donors (Lipinski definition) is 2. The van der Waals surface area contributed by atoms with E-state index in [2.05, 4.69) is 51.7 Å². The molecule has 2 aliphatic heterocycles. The van der Waals surface area contributed by atoms with Crippen LogP contribution in [0.5, 0.6) is 0 Å². The van der Waals surface area contributed by atoms with Gasteiger partial charge in [-0.1, -0.05) is 50.2 Å². The lowest BCUT2D eigenvalue weighted by molar-refractivity contribution is -0.158. The second-order valence-electron chi connectivity index (χ2n) is 13.8. The normalized spacial score (nSPS) is 22.7. The van der Waals surface area contributed by atoms with E-state index in [1.54, 1.807) is 4.90 Å². The van der Waals surface area contributed by atoms with Gasteiger partial charge < -0.3 is 25.3 Å². The molecule has 0 saturated carbocycles. The fraction of sp³-hybridized carbons (Fsp3) is 0.559. The zero-order valence-corrected chi connectivity index (χ0v) is 26.0.